The number of nitrogens with zero attached hydrogens (tertiary/aromatic N) is 3. The molecule has 1 aromatic carbocycles. The van der Waals surface area contributed by atoms with Crippen molar-refractivity contribution in [1.29, 1.82) is 0 Å². The van der Waals surface area contributed by atoms with Gasteiger partial charge in [0.25, 0.3) is 0 Å². The SMILES string of the molecule is CCc1ccccc1C(Cc1cn(C)nn1)NN. The van der Waals surface area contributed by atoms with Gasteiger partial charge in [-0.25, -0.2) is 0 Å². The van der Waals surface area contributed by atoms with Gasteiger partial charge in [0.1, 0.15) is 0 Å². The van der Waals surface area contributed by atoms with Crippen LogP contribution in [0.25, 0.3) is 0 Å². The van der Waals surface area contributed by atoms with Gasteiger partial charge >= 0.3 is 0 Å². The maximum atomic E-state index is 5.68. The summed E-state index contributed by atoms with van der Waals surface area (Å²) in [6.07, 6.45) is 3.65. The average molecular weight is 245 g/mol. The Labute approximate surface area is 107 Å². The van der Waals surface area contributed by atoms with Crippen LogP contribution in [0.4, 0.5) is 0 Å². The number of aryl methyl sites for hydroxylation is 2. The molecule has 5 heteroatoms. The van der Waals surface area contributed by atoms with Crippen LogP contribution in [-0.4, -0.2) is 15.0 Å². The molecule has 0 fully saturated rings. The van der Waals surface area contributed by atoms with Crippen molar-refractivity contribution in [3.05, 3.63) is 47.3 Å². The molecule has 0 saturated heterocycles. The van der Waals surface area contributed by atoms with Gasteiger partial charge < -0.3 is 0 Å². The molecule has 0 radical (unpaired) electrons. The van der Waals surface area contributed by atoms with Crippen LogP contribution in [0.3, 0.4) is 0 Å². The number of hydrogen-bond donors (Lipinski definition) is 2. The molecule has 0 aliphatic rings. The van der Waals surface area contributed by atoms with Gasteiger partial charge in [-0.05, 0) is 17.5 Å². The van der Waals surface area contributed by atoms with Crippen LogP contribution in [0.2, 0.25) is 0 Å². The summed E-state index contributed by atoms with van der Waals surface area (Å²) in [5, 5.41) is 8.04. The Morgan fingerprint density at radius 1 is 1.39 bits per heavy atom. The predicted molar refractivity (Wildman–Crippen MR) is 70.6 cm³/mol. The number of nitrogens with one attached hydrogen (secondary N) is 1. The Morgan fingerprint density at radius 2 is 2.17 bits per heavy atom. The number of hydrazine groups is 1. The van der Waals surface area contributed by atoms with Crippen molar-refractivity contribution in [2.75, 3.05) is 0 Å². The van der Waals surface area contributed by atoms with E-state index in [1.54, 1.807) is 4.68 Å². The minimum Gasteiger partial charge on any atom is -0.271 e. The van der Waals surface area contributed by atoms with Gasteiger partial charge in [0.15, 0.2) is 0 Å². The number of hydrogen-bond acceptors (Lipinski definition) is 4. The second kappa shape index (κ2) is 5.75. The second-order valence-corrected chi connectivity index (χ2v) is 4.36. The van der Waals surface area contributed by atoms with Crippen LogP contribution in [0.1, 0.15) is 29.8 Å². The first-order chi connectivity index (χ1) is 8.74. The number of rotatable bonds is 5. The van der Waals surface area contributed by atoms with E-state index in [-0.39, 0.29) is 6.04 Å². The van der Waals surface area contributed by atoms with Gasteiger partial charge in [-0.15, -0.1) is 5.10 Å². The molecular weight excluding hydrogens is 226 g/mol. The molecule has 3 N–H and O–H groups in total. The van der Waals surface area contributed by atoms with Crippen molar-refractivity contribution >= 4 is 0 Å². The van der Waals surface area contributed by atoms with Crippen LogP contribution in [0, 0.1) is 0 Å². The van der Waals surface area contributed by atoms with E-state index in [1.165, 1.54) is 11.1 Å². The highest BCUT2D eigenvalue weighted by Crippen LogP contribution is 2.21. The Morgan fingerprint density at radius 3 is 2.78 bits per heavy atom. The lowest BCUT2D eigenvalue weighted by Crippen LogP contribution is -2.30. The van der Waals surface area contributed by atoms with Crippen LogP contribution in [0.5, 0.6) is 0 Å². The molecule has 0 aliphatic carbocycles. The second-order valence-electron chi connectivity index (χ2n) is 4.36. The minimum absolute atomic E-state index is 0.0675. The van der Waals surface area contributed by atoms with Gasteiger partial charge in [-0.1, -0.05) is 36.4 Å². The third kappa shape index (κ3) is 2.75. The van der Waals surface area contributed by atoms with E-state index in [4.69, 9.17) is 5.84 Å². The van der Waals surface area contributed by atoms with E-state index in [0.29, 0.717) is 0 Å². The van der Waals surface area contributed by atoms with E-state index in [1.807, 2.05) is 19.3 Å². The molecule has 1 aromatic heterocycles. The summed E-state index contributed by atoms with van der Waals surface area (Å²) in [4.78, 5) is 0. The Hall–Kier alpha value is -1.72. The molecule has 1 atom stereocenters. The molecule has 1 unspecified atom stereocenters. The third-order valence-corrected chi connectivity index (χ3v) is 3.08. The zero-order chi connectivity index (χ0) is 13.0. The van der Waals surface area contributed by atoms with Crippen molar-refractivity contribution < 1.29 is 0 Å². The standard InChI is InChI=1S/C13H19N5/c1-3-10-6-4-5-7-12(10)13(15-14)8-11-9-18(2)17-16-11/h4-7,9,13,15H,3,8,14H2,1-2H3. The molecule has 2 aromatic rings. The summed E-state index contributed by atoms with van der Waals surface area (Å²) in [7, 11) is 1.86. The summed E-state index contributed by atoms with van der Waals surface area (Å²) in [5.41, 5.74) is 6.35. The molecule has 0 amide bonds. The van der Waals surface area contributed by atoms with Crippen molar-refractivity contribution in [2.45, 2.75) is 25.8 Å². The maximum absolute atomic E-state index is 5.68. The molecule has 18 heavy (non-hydrogen) atoms. The summed E-state index contributed by atoms with van der Waals surface area (Å²) in [6.45, 7) is 2.15. The first-order valence-electron chi connectivity index (χ1n) is 6.13. The zero-order valence-electron chi connectivity index (χ0n) is 10.8. The number of benzene rings is 1. The lowest BCUT2D eigenvalue weighted by molar-refractivity contribution is 0.541. The minimum atomic E-state index is 0.0675. The van der Waals surface area contributed by atoms with Crippen LogP contribution < -0.4 is 11.3 Å². The van der Waals surface area contributed by atoms with Crippen LogP contribution in [0.15, 0.2) is 30.5 Å². The topological polar surface area (TPSA) is 68.8 Å². The van der Waals surface area contributed by atoms with E-state index >= 15 is 0 Å². The normalized spacial score (nSPS) is 12.6. The van der Waals surface area contributed by atoms with Crippen LogP contribution >= 0.6 is 0 Å². The van der Waals surface area contributed by atoms with E-state index in [9.17, 15) is 0 Å². The molecule has 96 valence electrons. The number of aromatic nitrogens is 3. The molecule has 1 heterocycles. The Balaban J connectivity index is 2.22. The van der Waals surface area contributed by atoms with Gasteiger partial charge in [0, 0.05) is 19.7 Å². The molecule has 0 saturated carbocycles. The fraction of sp³-hybridized carbons (Fsp3) is 0.385. The summed E-state index contributed by atoms with van der Waals surface area (Å²) in [5.74, 6) is 5.68. The van der Waals surface area contributed by atoms with E-state index in [0.717, 1.165) is 18.5 Å². The summed E-state index contributed by atoms with van der Waals surface area (Å²) >= 11 is 0. The summed E-state index contributed by atoms with van der Waals surface area (Å²) < 4.78 is 1.70. The number of nitrogens with two attached hydrogens (primary N) is 1. The monoisotopic (exact) mass is 245 g/mol. The lowest BCUT2D eigenvalue weighted by Gasteiger charge is -2.18. The van der Waals surface area contributed by atoms with E-state index in [2.05, 4.69) is 40.9 Å². The first kappa shape index (κ1) is 12.7. The highest BCUT2D eigenvalue weighted by molar-refractivity contribution is 5.30. The Kier molecular flexibility index (Phi) is 4.07. The first-order valence-corrected chi connectivity index (χ1v) is 6.13. The largest absolute Gasteiger partial charge is 0.271 e. The van der Waals surface area contributed by atoms with Gasteiger partial charge in [-0.3, -0.25) is 16.0 Å². The van der Waals surface area contributed by atoms with Gasteiger partial charge in [0.05, 0.1) is 11.7 Å². The lowest BCUT2D eigenvalue weighted by atomic mass is 9.96. The molecule has 5 nitrogen and oxygen atoms in total. The quantitative estimate of drug-likeness (QED) is 0.612. The Bertz CT molecular complexity index is 506. The fourth-order valence-corrected chi connectivity index (χ4v) is 2.15. The van der Waals surface area contributed by atoms with Gasteiger partial charge in [-0.2, -0.15) is 0 Å². The molecule has 0 spiro atoms. The van der Waals surface area contributed by atoms with Crippen LogP contribution in [-0.2, 0) is 19.9 Å². The third-order valence-electron chi connectivity index (χ3n) is 3.08. The van der Waals surface area contributed by atoms with Crippen molar-refractivity contribution in [3.63, 3.8) is 0 Å². The van der Waals surface area contributed by atoms with Crippen molar-refractivity contribution in [1.82, 2.24) is 20.4 Å². The van der Waals surface area contributed by atoms with Crippen molar-refractivity contribution in [2.24, 2.45) is 12.9 Å². The van der Waals surface area contributed by atoms with Crippen molar-refractivity contribution in [3.8, 4) is 0 Å². The smallest absolute Gasteiger partial charge is 0.0846 e. The molecule has 2 rings (SSSR count). The molecule has 0 aliphatic heterocycles. The molecule has 0 bridgehead atoms. The zero-order valence-corrected chi connectivity index (χ0v) is 10.8. The summed E-state index contributed by atoms with van der Waals surface area (Å²) in [6, 6.07) is 8.40. The fourth-order valence-electron chi connectivity index (χ4n) is 2.15. The average Bonchev–Trinajstić information content (AvgIpc) is 2.81. The highest BCUT2D eigenvalue weighted by Gasteiger charge is 2.15. The predicted octanol–water partition coefficient (Wildman–Crippen LogP) is 1.12. The van der Waals surface area contributed by atoms with E-state index < -0.39 is 0 Å². The molecular formula is C13H19N5. The highest BCUT2D eigenvalue weighted by atomic mass is 15.4. The maximum Gasteiger partial charge on any atom is 0.0846 e. The van der Waals surface area contributed by atoms with Gasteiger partial charge in [0.2, 0.25) is 0 Å².